The van der Waals surface area contributed by atoms with Crippen LogP contribution in [0.5, 0.6) is 17.2 Å². The SMILES string of the molecule is C=CC[C@@]12C=C(OC)[C@H](OC(C)=O)[C@@](OC)(C1=O)[C@H](c1cc(OC)c3c(c1)OCO3)[C@H]2C. The maximum absolute atomic E-state index is 14.1. The molecule has 0 spiro atoms. The average molecular weight is 444 g/mol. The first-order valence-corrected chi connectivity index (χ1v) is 10.4. The van der Waals surface area contributed by atoms with E-state index >= 15 is 0 Å². The Balaban J connectivity index is 1.99. The zero-order valence-corrected chi connectivity index (χ0v) is 18.9. The van der Waals surface area contributed by atoms with Crippen LogP contribution >= 0.6 is 0 Å². The summed E-state index contributed by atoms with van der Waals surface area (Å²) in [5.41, 5.74) is -1.69. The van der Waals surface area contributed by atoms with Crippen LogP contribution in [0.3, 0.4) is 0 Å². The van der Waals surface area contributed by atoms with Crippen molar-refractivity contribution >= 4 is 11.8 Å². The monoisotopic (exact) mass is 444 g/mol. The van der Waals surface area contributed by atoms with Crippen molar-refractivity contribution in [3.63, 3.8) is 0 Å². The van der Waals surface area contributed by atoms with Gasteiger partial charge in [-0.05, 0) is 36.1 Å². The molecule has 172 valence electrons. The fraction of sp³-hybridized carbons (Fsp3) is 0.500. The number of methoxy groups -OCH3 is 3. The van der Waals surface area contributed by atoms with Gasteiger partial charge in [-0.2, -0.15) is 0 Å². The lowest BCUT2D eigenvalue weighted by atomic mass is 9.70. The zero-order chi connectivity index (χ0) is 23.3. The second-order valence-electron chi connectivity index (χ2n) is 8.32. The van der Waals surface area contributed by atoms with E-state index in [0.29, 0.717) is 29.4 Å². The molecule has 1 aliphatic heterocycles. The van der Waals surface area contributed by atoms with Crippen molar-refractivity contribution in [2.75, 3.05) is 28.1 Å². The molecule has 4 rings (SSSR count). The van der Waals surface area contributed by atoms with Crippen LogP contribution in [0.4, 0.5) is 0 Å². The van der Waals surface area contributed by atoms with E-state index in [0.717, 1.165) is 5.56 Å². The summed E-state index contributed by atoms with van der Waals surface area (Å²) in [6.07, 6.45) is 2.83. The second kappa shape index (κ2) is 7.85. The molecule has 5 atom stereocenters. The number of rotatable bonds is 7. The topological polar surface area (TPSA) is 89.5 Å². The molecule has 0 saturated heterocycles. The number of ether oxygens (including phenoxy) is 6. The molecule has 0 unspecified atom stereocenters. The highest BCUT2D eigenvalue weighted by Crippen LogP contribution is 2.64. The largest absolute Gasteiger partial charge is 0.497 e. The second-order valence-corrected chi connectivity index (χ2v) is 8.32. The third kappa shape index (κ3) is 2.78. The molecule has 1 heterocycles. The molecular weight excluding hydrogens is 416 g/mol. The molecular formula is C24H28O8. The third-order valence-corrected chi connectivity index (χ3v) is 6.98. The summed E-state index contributed by atoms with van der Waals surface area (Å²) in [7, 11) is 4.49. The van der Waals surface area contributed by atoms with E-state index in [1.54, 1.807) is 19.3 Å². The first-order chi connectivity index (χ1) is 15.3. The molecule has 1 saturated carbocycles. The number of benzene rings is 1. The Kier molecular flexibility index (Phi) is 5.45. The van der Waals surface area contributed by atoms with Crippen molar-refractivity contribution in [1.29, 1.82) is 0 Å². The number of carbonyl (C=O) groups is 2. The quantitative estimate of drug-likeness (QED) is 0.468. The van der Waals surface area contributed by atoms with E-state index in [4.69, 9.17) is 28.4 Å². The maximum Gasteiger partial charge on any atom is 0.303 e. The van der Waals surface area contributed by atoms with Gasteiger partial charge in [0.15, 0.2) is 29.0 Å². The highest BCUT2D eigenvalue weighted by Gasteiger charge is 2.73. The lowest BCUT2D eigenvalue weighted by Crippen LogP contribution is -2.58. The molecule has 2 bridgehead atoms. The van der Waals surface area contributed by atoms with E-state index < -0.39 is 29.0 Å². The van der Waals surface area contributed by atoms with Gasteiger partial charge in [-0.15, -0.1) is 6.58 Å². The van der Waals surface area contributed by atoms with Crippen molar-refractivity contribution in [2.45, 2.75) is 37.9 Å². The fourth-order valence-corrected chi connectivity index (χ4v) is 5.65. The number of Topliss-reactive ketones (excluding diaryl/α,β-unsaturated/α-hetero) is 1. The molecule has 0 N–H and O–H groups in total. The molecule has 2 aliphatic carbocycles. The van der Waals surface area contributed by atoms with Crippen LogP contribution in [0.25, 0.3) is 0 Å². The van der Waals surface area contributed by atoms with Crippen LogP contribution in [0.1, 0.15) is 31.7 Å². The van der Waals surface area contributed by atoms with Crippen molar-refractivity contribution in [3.05, 3.63) is 42.2 Å². The zero-order valence-electron chi connectivity index (χ0n) is 18.9. The summed E-state index contributed by atoms with van der Waals surface area (Å²) in [4.78, 5) is 26.2. The molecule has 32 heavy (non-hydrogen) atoms. The standard InChI is InChI=1S/C24H28O8/c1-7-8-23-11-18(28-5)21(32-14(3)25)24(29-6,22(23)26)19(13(23)2)15-9-16(27-4)20-17(10-15)30-12-31-20/h7,9-11,13,19,21H,1,8,12H2,2-6H3/t13-,19+,21+,23+,24-/m1/s1. The van der Waals surface area contributed by atoms with Crippen LogP contribution < -0.4 is 14.2 Å². The Morgan fingerprint density at radius 3 is 2.59 bits per heavy atom. The van der Waals surface area contributed by atoms with Gasteiger partial charge < -0.3 is 28.4 Å². The van der Waals surface area contributed by atoms with Crippen LogP contribution in [0, 0.1) is 11.3 Å². The molecule has 8 nitrogen and oxygen atoms in total. The summed E-state index contributed by atoms with van der Waals surface area (Å²) in [6, 6.07) is 3.65. The van der Waals surface area contributed by atoms with Gasteiger partial charge in [-0.25, -0.2) is 0 Å². The molecule has 0 aromatic heterocycles. The summed E-state index contributed by atoms with van der Waals surface area (Å²) < 4.78 is 34.0. The van der Waals surface area contributed by atoms with E-state index in [-0.39, 0.29) is 18.5 Å². The fourth-order valence-electron chi connectivity index (χ4n) is 5.65. The Morgan fingerprint density at radius 1 is 1.25 bits per heavy atom. The van der Waals surface area contributed by atoms with Gasteiger partial charge in [-0.3, -0.25) is 9.59 Å². The van der Waals surface area contributed by atoms with Gasteiger partial charge in [0.1, 0.15) is 5.76 Å². The van der Waals surface area contributed by atoms with Crippen molar-refractivity contribution in [1.82, 2.24) is 0 Å². The first-order valence-electron chi connectivity index (χ1n) is 10.4. The Bertz CT molecular complexity index is 998. The third-order valence-electron chi connectivity index (χ3n) is 6.98. The van der Waals surface area contributed by atoms with E-state index in [2.05, 4.69) is 6.58 Å². The van der Waals surface area contributed by atoms with Crippen LogP contribution in [-0.2, 0) is 23.8 Å². The molecule has 8 heteroatoms. The Labute approximate surface area is 187 Å². The van der Waals surface area contributed by atoms with Crippen molar-refractivity contribution < 1.29 is 38.0 Å². The number of hydrogen-bond donors (Lipinski definition) is 0. The first kappa shape index (κ1) is 22.2. The summed E-state index contributed by atoms with van der Waals surface area (Å²) in [5, 5.41) is 0. The number of carbonyl (C=O) groups excluding carboxylic acids is 2. The number of allylic oxidation sites excluding steroid dienone is 2. The van der Waals surface area contributed by atoms with Gasteiger partial charge in [0.2, 0.25) is 12.5 Å². The molecule has 0 amide bonds. The predicted octanol–water partition coefficient (Wildman–Crippen LogP) is 3.15. The highest BCUT2D eigenvalue weighted by atomic mass is 16.7. The molecule has 1 aromatic rings. The van der Waals surface area contributed by atoms with E-state index in [1.165, 1.54) is 21.1 Å². The maximum atomic E-state index is 14.1. The van der Waals surface area contributed by atoms with Crippen LogP contribution in [-0.4, -0.2) is 51.6 Å². The number of fused-ring (bicyclic) bond motifs is 3. The summed E-state index contributed by atoms with van der Waals surface area (Å²) in [5.74, 6) is 0.438. The van der Waals surface area contributed by atoms with Gasteiger partial charge in [0.25, 0.3) is 0 Å². The van der Waals surface area contributed by atoms with Crippen LogP contribution in [0.15, 0.2) is 36.6 Å². The minimum Gasteiger partial charge on any atom is -0.497 e. The Hall–Kier alpha value is -3.00. The molecule has 1 fully saturated rings. The van der Waals surface area contributed by atoms with Gasteiger partial charge >= 0.3 is 5.97 Å². The molecule has 0 radical (unpaired) electrons. The Morgan fingerprint density at radius 2 is 2.00 bits per heavy atom. The lowest BCUT2D eigenvalue weighted by Gasteiger charge is -2.42. The molecule has 3 aliphatic rings. The molecule has 1 aromatic carbocycles. The minimum atomic E-state index is -1.51. The van der Waals surface area contributed by atoms with Gasteiger partial charge in [0.05, 0.1) is 19.6 Å². The normalized spacial score (nSPS) is 32.3. The smallest absolute Gasteiger partial charge is 0.303 e. The minimum absolute atomic E-state index is 0.0789. The number of ketones is 1. The average Bonchev–Trinajstić information content (AvgIpc) is 3.29. The lowest BCUT2D eigenvalue weighted by molar-refractivity contribution is -0.177. The number of hydrogen-bond acceptors (Lipinski definition) is 8. The highest BCUT2D eigenvalue weighted by molar-refractivity contribution is 6.01. The predicted molar refractivity (Wildman–Crippen MR) is 114 cm³/mol. The van der Waals surface area contributed by atoms with Crippen molar-refractivity contribution in [2.24, 2.45) is 11.3 Å². The van der Waals surface area contributed by atoms with Crippen LogP contribution in [0.2, 0.25) is 0 Å². The summed E-state index contributed by atoms with van der Waals surface area (Å²) >= 11 is 0. The summed E-state index contributed by atoms with van der Waals surface area (Å²) in [6.45, 7) is 7.23. The van der Waals surface area contributed by atoms with E-state index in [1.807, 2.05) is 19.1 Å². The van der Waals surface area contributed by atoms with E-state index in [9.17, 15) is 9.59 Å². The number of esters is 1. The van der Waals surface area contributed by atoms with Gasteiger partial charge in [-0.1, -0.05) is 13.0 Å². The van der Waals surface area contributed by atoms with Crippen molar-refractivity contribution in [3.8, 4) is 17.2 Å². The van der Waals surface area contributed by atoms with Gasteiger partial charge in [0, 0.05) is 20.0 Å².